The first-order valence-electron chi connectivity index (χ1n) is 0.516. The van der Waals surface area contributed by atoms with E-state index in [0.717, 1.165) is 0 Å². The molecule has 0 bridgehead atoms. The molecule has 1 radical (unpaired) electrons. The summed E-state index contributed by atoms with van der Waals surface area (Å²) in [7, 11) is 0. The van der Waals surface area contributed by atoms with Gasteiger partial charge in [-0.3, -0.25) is 0 Å². The predicted octanol–water partition coefficient (Wildman–Crippen LogP) is -0.664. The van der Waals surface area contributed by atoms with Gasteiger partial charge in [0.25, 0.3) is 0 Å². The van der Waals surface area contributed by atoms with Gasteiger partial charge in [-0.15, -0.1) is 0 Å². The van der Waals surface area contributed by atoms with Gasteiger partial charge in [-0.25, -0.2) is 4.21 Å². The summed E-state index contributed by atoms with van der Waals surface area (Å²) in [5.41, 5.74) is 0. The fraction of sp³-hybridized carbons (Fsp3) is 0. The fourth-order valence-corrected chi connectivity index (χ4v) is 0. The monoisotopic (exact) mass is 283 g/mol. The summed E-state index contributed by atoms with van der Waals surface area (Å²) in [4.78, 5) is 0. The van der Waals surface area contributed by atoms with Crippen LogP contribution >= 0.6 is 0 Å². The van der Waals surface area contributed by atoms with Crippen molar-refractivity contribution < 1.29 is 41.0 Å². The van der Waals surface area contributed by atoms with Gasteiger partial charge in [-0.1, -0.05) is 0 Å². The van der Waals surface area contributed by atoms with E-state index in [0.29, 0.717) is 0 Å². The second-order valence-corrected chi connectivity index (χ2v) is 0.651. The SMILES string of the molecule is O=S([O-])O.[Hg+]. The Balaban J connectivity index is 0. The summed E-state index contributed by atoms with van der Waals surface area (Å²) in [6, 6.07) is 0. The van der Waals surface area contributed by atoms with Gasteiger partial charge >= 0.3 is 27.7 Å². The zero-order valence-electron chi connectivity index (χ0n) is 2.38. The van der Waals surface area contributed by atoms with E-state index in [1.807, 2.05) is 0 Å². The van der Waals surface area contributed by atoms with E-state index >= 15 is 0 Å². The van der Waals surface area contributed by atoms with Crippen molar-refractivity contribution in [2.75, 3.05) is 0 Å². The summed E-state index contributed by atoms with van der Waals surface area (Å²) in [5.74, 6) is 0. The third-order valence-electron chi connectivity index (χ3n) is 0. The van der Waals surface area contributed by atoms with E-state index in [2.05, 4.69) is 0 Å². The minimum Gasteiger partial charge on any atom is -0.750 e. The summed E-state index contributed by atoms with van der Waals surface area (Å²) in [6.45, 7) is 0. The molecule has 1 N–H and O–H groups in total. The van der Waals surface area contributed by atoms with Gasteiger partial charge in [0.1, 0.15) is 0 Å². The van der Waals surface area contributed by atoms with Crippen LogP contribution in [0.1, 0.15) is 0 Å². The van der Waals surface area contributed by atoms with Crippen LogP contribution in [0.25, 0.3) is 0 Å². The molecule has 0 fully saturated rings. The maximum absolute atomic E-state index is 8.56. The normalized spacial score (nSPS) is 12.4. The van der Waals surface area contributed by atoms with Crippen molar-refractivity contribution in [2.45, 2.75) is 0 Å². The molecule has 0 heterocycles. The molecule has 0 aromatic rings. The Labute approximate surface area is 52.4 Å². The molecule has 5 heteroatoms. The maximum atomic E-state index is 8.56. The van der Waals surface area contributed by atoms with Crippen LogP contribution in [-0.4, -0.2) is 13.3 Å². The Morgan fingerprint density at radius 3 is 1.80 bits per heavy atom. The molecular formula is HHgO3S. The third kappa shape index (κ3) is 44.7. The van der Waals surface area contributed by atoms with Gasteiger partial charge in [0.2, 0.25) is 0 Å². The van der Waals surface area contributed by atoms with Crippen LogP contribution < -0.4 is 0 Å². The van der Waals surface area contributed by atoms with Gasteiger partial charge < -0.3 is 9.11 Å². The van der Waals surface area contributed by atoms with Gasteiger partial charge in [0.05, 0.1) is 11.4 Å². The Morgan fingerprint density at radius 1 is 1.80 bits per heavy atom. The van der Waals surface area contributed by atoms with Crippen molar-refractivity contribution in [2.24, 2.45) is 0 Å². The quantitative estimate of drug-likeness (QED) is 0.473. The predicted molar refractivity (Wildman–Crippen MR) is 11.5 cm³/mol. The molecule has 0 amide bonds. The number of hydrogen-bond acceptors (Lipinski definition) is 2. The van der Waals surface area contributed by atoms with Crippen molar-refractivity contribution in [1.82, 2.24) is 0 Å². The topological polar surface area (TPSA) is 60.4 Å². The van der Waals surface area contributed by atoms with Crippen molar-refractivity contribution in [3.8, 4) is 0 Å². The summed E-state index contributed by atoms with van der Waals surface area (Å²) >= 11 is -2.86. The van der Waals surface area contributed by atoms with Crippen molar-refractivity contribution in [3.05, 3.63) is 0 Å². The van der Waals surface area contributed by atoms with Crippen LogP contribution in [-0.2, 0) is 39.0 Å². The molecule has 0 aromatic carbocycles. The smallest absolute Gasteiger partial charge is 0.750 e. The van der Waals surface area contributed by atoms with Crippen LogP contribution in [0.15, 0.2) is 0 Å². The molecular weight excluding hydrogens is 281 g/mol. The van der Waals surface area contributed by atoms with Crippen LogP contribution in [0.2, 0.25) is 0 Å². The Morgan fingerprint density at radius 2 is 1.80 bits per heavy atom. The largest absolute Gasteiger partial charge is 1.00 e. The van der Waals surface area contributed by atoms with Crippen LogP contribution in [0.4, 0.5) is 0 Å². The van der Waals surface area contributed by atoms with E-state index in [1.165, 1.54) is 0 Å². The molecule has 1 atom stereocenters. The summed E-state index contributed by atoms with van der Waals surface area (Å²) in [6.07, 6.45) is 0. The minimum atomic E-state index is -2.86. The first kappa shape index (κ1) is 9.38. The van der Waals surface area contributed by atoms with Crippen molar-refractivity contribution in [3.63, 3.8) is 0 Å². The Kier molecular flexibility index (Phi) is 9.39. The molecule has 0 aromatic heterocycles. The molecule has 0 aliphatic rings. The maximum Gasteiger partial charge on any atom is 1.00 e. The standard InChI is InChI=1S/Hg.H2O3S/c;1-4(2)3/h;(H2,1,2,3)/q+1;/p-1. The van der Waals surface area contributed by atoms with Gasteiger partial charge in [-0.2, -0.15) is 0 Å². The van der Waals surface area contributed by atoms with Gasteiger partial charge in [0.15, 0.2) is 0 Å². The molecule has 0 saturated carbocycles. The van der Waals surface area contributed by atoms with E-state index < -0.39 is 11.4 Å². The molecule has 3 nitrogen and oxygen atoms in total. The second-order valence-electron chi connectivity index (χ2n) is 0.217. The van der Waals surface area contributed by atoms with Crippen LogP contribution in [0.5, 0.6) is 0 Å². The zero-order chi connectivity index (χ0) is 3.58. The Hall–Kier alpha value is 1.01. The molecule has 0 saturated heterocycles. The summed E-state index contributed by atoms with van der Waals surface area (Å²) in [5, 5.41) is 0. The van der Waals surface area contributed by atoms with E-state index in [-0.39, 0.29) is 27.7 Å². The van der Waals surface area contributed by atoms with Gasteiger partial charge in [0, 0.05) is 0 Å². The van der Waals surface area contributed by atoms with Crippen LogP contribution in [0, 0.1) is 0 Å². The minimum absolute atomic E-state index is 0. The van der Waals surface area contributed by atoms with E-state index in [1.54, 1.807) is 0 Å². The van der Waals surface area contributed by atoms with Gasteiger partial charge in [-0.05, 0) is 0 Å². The summed E-state index contributed by atoms with van der Waals surface area (Å²) < 4.78 is 24.1. The van der Waals surface area contributed by atoms with E-state index in [4.69, 9.17) is 13.3 Å². The second kappa shape index (κ2) is 5.01. The average molecular weight is 282 g/mol. The molecule has 5 heavy (non-hydrogen) atoms. The molecule has 0 aliphatic carbocycles. The first-order chi connectivity index (χ1) is 1.73. The number of rotatable bonds is 0. The average Bonchev–Trinajstić information content (AvgIpc) is 0.811. The van der Waals surface area contributed by atoms with E-state index in [9.17, 15) is 0 Å². The molecule has 27 valence electrons. The first-order valence-corrected chi connectivity index (χ1v) is 1.55. The molecule has 0 spiro atoms. The third-order valence-corrected chi connectivity index (χ3v) is 0. The molecule has 0 rings (SSSR count). The number of hydrogen-bond donors (Lipinski definition) is 1. The zero-order valence-corrected chi connectivity index (χ0v) is 8.69. The molecule has 1 unspecified atom stereocenters. The molecule has 0 aliphatic heterocycles. The van der Waals surface area contributed by atoms with Crippen molar-refractivity contribution >= 4 is 11.4 Å². The fourth-order valence-electron chi connectivity index (χ4n) is 0. The van der Waals surface area contributed by atoms with Crippen LogP contribution in [0.3, 0.4) is 0 Å². The Bertz CT molecular complexity index is 29.9. The van der Waals surface area contributed by atoms with Crippen molar-refractivity contribution in [1.29, 1.82) is 0 Å².